The van der Waals surface area contributed by atoms with Gasteiger partial charge >= 0.3 is 0 Å². The van der Waals surface area contributed by atoms with Crippen molar-refractivity contribution in [1.82, 2.24) is 15.4 Å². The molecule has 9 heteroatoms. The second kappa shape index (κ2) is 7.64. The van der Waals surface area contributed by atoms with Gasteiger partial charge in [0.25, 0.3) is 0 Å². The Kier molecular flexibility index (Phi) is 4.82. The molecule has 30 heavy (non-hydrogen) atoms. The van der Waals surface area contributed by atoms with Crippen molar-refractivity contribution in [3.63, 3.8) is 0 Å². The number of nitrogens with one attached hydrogen (secondary N) is 1. The Hall–Kier alpha value is -3.07. The first-order chi connectivity index (χ1) is 14.6. The number of hydrazine groups is 1. The maximum atomic E-state index is 11.2. The van der Waals surface area contributed by atoms with E-state index in [-0.39, 0.29) is 18.1 Å². The topological polar surface area (TPSA) is 83.7 Å². The summed E-state index contributed by atoms with van der Waals surface area (Å²) in [4.78, 5) is 10.4. The molecule has 1 unspecified atom stereocenters. The third-order valence-corrected chi connectivity index (χ3v) is 5.91. The highest BCUT2D eigenvalue weighted by Crippen LogP contribution is 2.37. The molecule has 0 fully saturated rings. The molecule has 0 saturated carbocycles. The number of anilines is 1. The fourth-order valence-electron chi connectivity index (χ4n) is 3.31. The van der Waals surface area contributed by atoms with Gasteiger partial charge in [-0.15, -0.1) is 11.3 Å². The smallest absolute Gasteiger partial charge is 0.188 e. The quantitative estimate of drug-likeness (QED) is 0.458. The number of aliphatic hydroxyl groups excluding tert-OH is 1. The van der Waals surface area contributed by atoms with Crippen LogP contribution in [0.2, 0.25) is 5.02 Å². The summed E-state index contributed by atoms with van der Waals surface area (Å²) in [5, 5.41) is 15.5. The molecule has 1 atom stereocenters. The van der Waals surface area contributed by atoms with Gasteiger partial charge in [-0.3, -0.25) is 5.01 Å². The standard InChI is InChI=1S/C21H17ClN4O3S/c1-26-21-18(23-15-10-12(22)6-7-14(15)24-21)20(29-11-13-4-2-8-28-13)19(27)17(25-26)16-5-3-9-30-16/h2-10,17,25,27H,11H2,1H3. The maximum absolute atomic E-state index is 11.2. The Morgan fingerprint density at radius 1 is 1.23 bits per heavy atom. The molecule has 0 aliphatic carbocycles. The molecule has 1 aliphatic rings. The van der Waals surface area contributed by atoms with E-state index in [2.05, 4.69) is 5.43 Å². The van der Waals surface area contributed by atoms with E-state index in [9.17, 15) is 5.11 Å². The zero-order valence-corrected chi connectivity index (χ0v) is 17.4. The van der Waals surface area contributed by atoms with Gasteiger partial charge in [0, 0.05) is 16.9 Å². The minimum Gasteiger partial charge on any atom is -0.506 e. The number of benzene rings is 1. The monoisotopic (exact) mass is 440 g/mol. The van der Waals surface area contributed by atoms with E-state index in [0.717, 1.165) is 4.88 Å². The average Bonchev–Trinajstić information content (AvgIpc) is 3.44. The van der Waals surface area contributed by atoms with E-state index in [1.165, 1.54) is 11.3 Å². The third kappa shape index (κ3) is 3.39. The van der Waals surface area contributed by atoms with Crippen LogP contribution < -0.4 is 10.4 Å². The van der Waals surface area contributed by atoms with Crippen molar-refractivity contribution >= 4 is 45.5 Å². The predicted octanol–water partition coefficient (Wildman–Crippen LogP) is 5.08. The van der Waals surface area contributed by atoms with Gasteiger partial charge in [-0.1, -0.05) is 17.7 Å². The molecule has 5 rings (SSSR count). The molecule has 2 N–H and O–H groups in total. The number of rotatable bonds is 4. The molecular formula is C21H17ClN4O3S. The fourth-order valence-corrected chi connectivity index (χ4v) is 4.25. The summed E-state index contributed by atoms with van der Waals surface area (Å²) < 4.78 is 11.4. The molecule has 0 bridgehead atoms. The second-order valence-corrected chi connectivity index (χ2v) is 8.16. The fraction of sp³-hybridized carbons (Fsp3) is 0.143. The molecular weight excluding hydrogens is 424 g/mol. The van der Waals surface area contributed by atoms with Crippen LogP contribution in [0.15, 0.2) is 64.3 Å². The van der Waals surface area contributed by atoms with Crippen molar-refractivity contribution in [1.29, 1.82) is 0 Å². The number of fused-ring (bicyclic) bond motifs is 2. The number of aliphatic hydroxyl groups is 1. The van der Waals surface area contributed by atoms with Crippen LogP contribution in [0.4, 0.5) is 5.82 Å². The van der Waals surface area contributed by atoms with Crippen molar-refractivity contribution < 1.29 is 14.3 Å². The number of thiophene rings is 1. The number of aromatic nitrogens is 2. The molecule has 0 saturated heterocycles. The Labute approximate surface area is 181 Å². The van der Waals surface area contributed by atoms with Gasteiger partial charge in [0.15, 0.2) is 23.0 Å². The van der Waals surface area contributed by atoms with E-state index in [4.69, 9.17) is 30.7 Å². The number of hydrogen-bond donors (Lipinski definition) is 2. The molecule has 4 aromatic rings. The van der Waals surface area contributed by atoms with Crippen molar-refractivity contribution in [2.24, 2.45) is 0 Å². The maximum Gasteiger partial charge on any atom is 0.188 e. The van der Waals surface area contributed by atoms with Crippen molar-refractivity contribution in [3.05, 3.63) is 81.2 Å². The first-order valence-corrected chi connectivity index (χ1v) is 10.4. The SMILES string of the molecule is CN1NC(c2cccs2)C(O)=C(OCc2ccco2)c2nc3cc(Cl)ccc3nc21. The lowest BCUT2D eigenvalue weighted by Gasteiger charge is -2.23. The lowest BCUT2D eigenvalue weighted by atomic mass is 10.1. The molecule has 1 aromatic carbocycles. The van der Waals surface area contributed by atoms with Crippen molar-refractivity contribution in [3.8, 4) is 0 Å². The highest BCUT2D eigenvalue weighted by molar-refractivity contribution is 7.10. The summed E-state index contributed by atoms with van der Waals surface area (Å²) in [5.74, 6) is 1.42. The van der Waals surface area contributed by atoms with Crippen molar-refractivity contribution in [2.45, 2.75) is 12.6 Å². The van der Waals surface area contributed by atoms with Crippen LogP contribution >= 0.6 is 22.9 Å². The predicted molar refractivity (Wildman–Crippen MR) is 116 cm³/mol. The lowest BCUT2D eigenvalue weighted by Crippen LogP contribution is -2.38. The molecule has 0 amide bonds. The summed E-state index contributed by atoms with van der Waals surface area (Å²) >= 11 is 7.68. The van der Waals surface area contributed by atoms with Gasteiger partial charge in [-0.2, -0.15) is 0 Å². The Bertz CT molecular complexity index is 1220. The number of nitrogens with zero attached hydrogens (tertiary/aromatic N) is 3. The molecule has 152 valence electrons. The Morgan fingerprint density at radius 3 is 2.90 bits per heavy atom. The van der Waals surface area contributed by atoms with Gasteiger partial charge in [-0.25, -0.2) is 15.4 Å². The van der Waals surface area contributed by atoms with E-state index in [0.29, 0.717) is 33.3 Å². The van der Waals surface area contributed by atoms with Gasteiger partial charge in [-0.05, 0) is 41.8 Å². The van der Waals surface area contributed by atoms with Crippen LogP contribution in [0.3, 0.4) is 0 Å². The first kappa shape index (κ1) is 18.9. The van der Waals surface area contributed by atoms with Crippen LogP contribution in [0, 0.1) is 0 Å². The van der Waals surface area contributed by atoms with E-state index in [1.807, 2.05) is 36.7 Å². The van der Waals surface area contributed by atoms with Crippen LogP contribution in [0.5, 0.6) is 0 Å². The summed E-state index contributed by atoms with van der Waals surface area (Å²) in [6, 6.07) is 12.3. The Morgan fingerprint density at radius 2 is 2.13 bits per heavy atom. The van der Waals surface area contributed by atoms with Gasteiger partial charge in [0.05, 0.1) is 17.3 Å². The molecule has 3 aromatic heterocycles. The summed E-state index contributed by atoms with van der Waals surface area (Å²) in [6.45, 7) is 0.141. The lowest BCUT2D eigenvalue weighted by molar-refractivity contribution is 0.215. The Balaban J connectivity index is 1.68. The largest absolute Gasteiger partial charge is 0.506 e. The average molecular weight is 441 g/mol. The van der Waals surface area contributed by atoms with E-state index >= 15 is 0 Å². The van der Waals surface area contributed by atoms with Crippen LogP contribution in [-0.2, 0) is 11.3 Å². The molecule has 0 radical (unpaired) electrons. The minimum atomic E-state index is -0.510. The van der Waals surface area contributed by atoms with Gasteiger partial charge < -0.3 is 14.3 Å². The van der Waals surface area contributed by atoms with E-state index in [1.54, 1.807) is 29.5 Å². The molecule has 0 spiro atoms. The number of ether oxygens (including phenoxy) is 1. The van der Waals surface area contributed by atoms with Gasteiger partial charge in [0.1, 0.15) is 18.4 Å². The summed E-state index contributed by atoms with van der Waals surface area (Å²) in [6.07, 6.45) is 1.58. The van der Waals surface area contributed by atoms with Crippen LogP contribution in [0.1, 0.15) is 22.4 Å². The second-order valence-electron chi connectivity index (χ2n) is 6.75. The van der Waals surface area contributed by atoms with Crippen molar-refractivity contribution in [2.75, 3.05) is 12.1 Å². The van der Waals surface area contributed by atoms with E-state index < -0.39 is 6.04 Å². The van der Waals surface area contributed by atoms with Crippen LogP contribution in [0.25, 0.3) is 16.8 Å². The summed E-state index contributed by atoms with van der Waals surface area (Å²) in [7, 11) is 1.83. The summed E-state index contributed by atoms with van der Waals surface area (Å²) in [5.41, 5.74) is 5.00. The molecule has 4 heterocycles. The zero-order chi connectivity index (χ0) is 20.7. The zero-order valence-electron chi connectivity index (χ0n) is 15.9. The minimum absolute atomic E-state index is 0.0188. The highest BCUT2D eigenvalue weighted by atomic mass is 35.5. The normalized spacial score (nSPS) is 16.6. The van der Waals surface area contributed by atoms with Gasteiger partial charge in [0.2, 0.25) is 0 Å². The highest BCUT2D eigenvalue weighted by Gasteiger charge is 2.32. The third-order valence-electron chi connectivity index (χ3n) is 4.74. The molecule has 1 aliphatic heterocycles. The first-order valence-electron chi connectivity index (χ1n) is 9.19. The number of hydrogen-bond acceptors (Lipinski definition) is 8. The number of halogens is 1. The molecule has 7 nitrogen and oxygen atoms in total. The van der Waals surface area contributed by atoms with Crippen LogP contribution in [-0.4, -0.2) is 22.1 Å². The number of furan rings is 1.